The molecule has 0 aliphatic heterocycles. The van der Waals surface area contributed by atoms with E-state index in [0.29, 0.717) is 11.3 Å². The van der Waals surface area contributed by atoms with E-state index < -0.39 is 0 Å². The topological polar surface area (TPSA) is 80.0 Å². The minimum atomic E-state index is -0.257. The summed E-state index contributed by atoms with van der Waals surface area (Å²) in [6.07, 6.45) is 4.96. The van der Waals surface area contributed by atoms with E-state index >= 15 is 0 Å². The van der Waals surface area contributed by atoms with Crippen LogP contribution in [0.2, 0.25) is 0 Å². The van der Waals surface area contributed by atoms with Crippen LogP contribution in [-0.4, -0.2) is 37.9 Å². The highest BCUT2D eigenvalue weighted by atomic mass is 16.3. The van der Waals surface area contributed by atoms with Crippen molar-refractivity contribution in [3.8, 4) is 5.69 Å². The molecule has 1 fully saturated rings. The Balaban J connectivity index is 1.55. The number of carbonyl (C=O) groups excluding carboxylic acids is 1. The summed E-state index contributed by atoms with van der Waals surface area (Å²) in [5.41, 5.74) is 2.43. The fourth-order valence-corrected chi connectivity index (χ4v) is 3.61. The first kappa shape index (κ1) is 17.4. The molecule has 0 saturated heterocycles. The van der Waals surface area contributed by atoms with E-state index in [4.69, 9.17) is 0 Å². The van der Waals surface area contributed by atoms with Gasteiger partial charge in [-0.25, -0.2) is 9.67 Å². The molecule has 3 aromatic rings. The third-order valence-electron chi connectivity index (χ3n) is 5.15. The number of aromatic nitrogens is 3. The summed E-state index contributed by atoms with van der Waals surface area (Å²) in [5.74, 6) is 0.145. The van der Waals surface area contributed by atoms with E-state index in [-0.39, 0.29) is 24.0 Å². The number of carbonyl (C=O) groups is 1. The fourth-order valence-electron chi connectivity index (χ4n) is 3.61. The minimum absolute atomic E-state index is 0.0212. The van der Waals surface area contributed by atoms with Crippen molar-refractivity contribution in [1.82, 2.24) is 20.1 Å². The van der Waals surface area contributed by atoms with Gasteiger partial charge in [0, 0.05) is 6.04 Å². The second-order valence-electron chi connectivity index (χ2n) is 7.01. The second kappa shape index (κ2) is 7.72. The molecule has 2 aromatic carbocycles. The quantitative estimate of drug-likeness (QED) is 0.706. The van der Waals surface area contributed by atoms with Crippen molar-refractivity contribution < 1.29 is 9.90 Å². The third-order valence-corrected chi connectivity index (χ3v) is 5.15. The van der Waals surface area contributed by atoms with Gasteiger partial charge in [0.25, 0.3) is 5.91 Å². The van der Waals surface area contributed by atoms with Gasteiger partial charge in [0.15, 0.2) is 0 Å². The van der Waals surface area contributed by atoms with E-state index in [0.717, 1.165) is 19.3 Å². The van der Waals surface area contributed by atoms with E-state index in [2.05, 4.69) is 27.5 Å². The molecule has 27 heavy (non-hydrogen) atoms. The predicted octanol–water partition coefficient (Wildman–Crippen LogP) is 2.38. The average molecular weight is 362 g/mol. The predicted molar refractivity (Wildman–Crippen MR) is 101 cm³/mol. The molecule has 6 heteroatoms. The zero-order valence-corrected chi connectivity index (χ0v) is 14.9. The maximum absolute atomic E-state index is 13.1. The SMILES string of the molecule is O=C(NC(Cc1ccccc1)C1CC(O)C1)c1ccccc1-n1cncn1. The zero-order chi connectivity index (χ0) is 18.6. The lowest BCUT2D eigenvalue weighted by Crippen LogP contribution is -2.48. The summed E-state index contributed by atoms with van der Waals surface area (Å²) in [4.78, 5) is 17.0. The van der Waals surface area contributed by atoms with Gasteiger partial charge in [0.05, 0.1) is 17.4 Å². The highest BCUT2D eigenvalue weighted by molar-refractivity contribution is 5.97. The Labute approximate surface area is 157 Å². The minimum Gasteiger partial charge on any atom is -0.393 e. The second-order valence-corrected chi connectivity index (χ2v) is 7.01. The van der Waals surface area contributed by atoms with Gasteiger partial charge in [0.1, 0.15) is 12.7 Å². The number of rotatable bonds is 6. The Morgan fingerprint density at radius 2 is 1.89 bits per heavy atom. The van der Waals surface area contributed by atoms with Gasteiger partial charge < -0.3 is 10.4 Å². The normalized spacial score (nSPS) is 19.9. The summed E-state index contributed by atoms with van der Waals surface area (Å²) in [6, 6.07) is 17.5. The molecule has 1 amide bonds. The molecule has 1 aromatic heterocycles. The Morgan fingerprint density at radius 1 is 1.15 bits per heavy atom. The lowest BCUT2D eigenvalue weighted by atomic mass is 9.75. The van der Waals surface area contributed by atoms with Crippen molar-refractivity contribution in [1.29, 1.82) is 0 Å². The summed E-state index contributed by atoms with van der Waals surface area (Å²) < 4.78 is 1.59. The van der Waals surface area contributed by atoms with Crippen LogP contribution in [0, 0.1) is 5.92 Å². The first-order chi connectivity index (χ1) is 13.2. The van der Waals surface area contributed by atoms with Gasteiger partial charge in [0.2, 0.25) is 0 Å². The molecule has 0 bridgehead atoms. The summed E-state index contributed by atoms with van der Waals surface area (Å²) in [6.45, 7) is 0. The van der Waals surface area contributed by atoms with Crippen molar-refractivity contribution in [2.45, 2.75) is 31.4 Å². The molecule has 6 nitrogen and oxygen atoms in total. The van der Waals surface area contributed by atoms with E-state index in [1.54, 1.807) is 17.1 Å². The number of hydrogen-bond acceptors (Lipinski definition) is 4. The number of amides is 1. The van der Waals surface area contributed by atoms with Crippen LogP contribution < -0.4 is 5.32 Å². The molecule has 0 spiro atoms. The summed E-state index contributed by atoms with van der Waals surface area (Å²) >= 11 is 0. The molecule has 1 atom stereocenters. The van der Waals surface area contributed by atoms with Crippen LogP contribution in [0.1, 0.15) is 28.8 Å². The van der Waals surface area contributed by atoms with Crippen molar-refractivity contribution in [2.75, 3.05) is 0 Å². The van der Waals surface area contributed by atoms with Crippen LogP contribution in [0.3, 0.4) is 0 Å². The molecular weight excluding hydrogens is 340 g/mol. The standard InChI is InChI=1S/C21H22N4O2/c26-17-11-16(12-17)19(10-15-6-2-1-3-7-15)24-21(27)18-8-4-5-9-20(18)25-14-22-13-23-25/h1-9,13-14,16-17,19,26H,10-12H2,(H,24,27). The number of hydrogen-bond donors (Lipinski definition) is 2. The number of aliphatic hydroxyl groups is 1. The number of nitrogens with zero attached hydrogens (tertiary/aromatic N) is 3. The van der Waals surface area contributed by atoms with Crippen LogP contribution >= 0.6 is 0 Å². The Morgan fingerprint density at radius 3 is 2.59 bits per heavy atom. The summed E-state index contributed by atoms with van der Waals surface area (Å²) in [7, 11) is 0. The number of para-hydroxylation sites is 1. The molecule has 1 saturated carbocycles. The molecule has 1 unspecified atom stereocenters. The van der Waals surface area contributed by atoms with Crippen LogP contribution in [0.5, 0.6) is 0 Å². The maximum atomic E-state index is 13.1. The van der Waals surface area contributed by atoms with Gasteiger partial charge in [-0.3, -0.25) is 4.79 Å². The van der Waals surface area contributed by atoms with Gasteiger partial charge in [-0.15, -0.1) is 0 Å². The van der Waals surface area contributed by atoms with Crippen LogP contribution in [0.15, 0.2) is 67.3 Å². The highest BCUT2D eigenvalue weighted by Crippen LogP contribution is 2.32. The Hall–Kier alpha value is -2.99. The number of nitrogens with one attached hydrogen (secondary N) is 1. The average Bonchev–Trinajstić information content (AvgIpc) is 3.20. The van der Waals surface area contributed by atoms with E-state index in [9.17, 15) is 9.90 Å². The Kier molecular flexibility index (Phi) is 4.98. The molecule has 1 aliphatic carbocycles. The van der Waals surface area contributed by atoms with Crippen LogP contribution in [0.25, 0.3) is 5.69 Å². The lowest BCUT2D eigenvalue weighted by molar-refractivity contribution is 0.0239. The smallest absolute Gasteiger partial charge is 0.253 e. The molecule has 138 valence electrons. The van der Waals surface area contributed by atoms with Gasteiger partial charge in [-0.2, -0.15) is 5.10 Å². The van der Waals surface area contributed by atoms with Crippen molar-refractivity contribution >= 4 is 5.91 Å². The van der Waals surface area contributed by atoms with Gasteiger partial charge in [-0.05, 0) is 42.9 Å². The Bertz CT molecular complexity index is 890. The fraction of sp³-hybridized carbons (Fsp3) is 0.286. The van der Waals surface area contributed by atoms with Gasteiger partial charge >= 0.3 is 0 Å². The largest absolute Gasteiger partial charge is 0.393 e. The van der Waals surface area contributed by atoms with Crippen molar-refractivity contribution in [3.05, 3.63) is 78.4 Å². The van der Waals surface area contributed by atoms with Crippen molar-refractivity contribution in [2.24, 2.45) is 5.92 Å². The zero-order valence-electron chi connectivity index (χ0n) is 14.9. The van der Waals surface area contributed by atoms with Crippen LogP contribution in [-0.2, 0) is 6.42 Å². The molecular formula is C21H22N4O2. The maximum Gasteiger partial charge on any atom is 0.253 e. The molecule has 0 radical (unpaired) electrons. The van der Waals surface area contributed by atoms with Crippen LogP contribution in [0.4, 0.5) is 0 Å². The molecule has 2 N–H and O–H groups in total. The monoisotopic (exact) mass is 362 g/mol. The highest BCUT2D eigenvalue weighted by Gasteiger charge is 2.35. The third kappa shape index (κ3) is 3.90. The van der Waals surface area contributed by atoms with E-state index in [1.165, 1.54) is 11.9 Å². The van der Waals surface area contributed by atoms with Gasteiger partial charge in [-0.1, -0.05) is 42.5 Å². The lowest BCUT2D eigenvalue weighted by Gasteiger charge is -2.38. The first-order valence-corrected chi connectivity index (χ1v) is 9.17. The van der Waals surface area contributed by atoms with E-state index in [1.807, 2.05) is 36.4 Å². The molecule has 1 aliphatic rings. The first-order valence-electron chi connectivity index (χ1n) is 9.17. The molecule has 1 heterocycles. The van der Waals surface area contributed by atoms with Crippen molar-refractivity contribution in [3.63, 3.8) is 0 Å². The number of benzene rings is 2. The number of aliphatic hydroxyl groups excluding tert-OH is 1. The summed E-state index contributed by atoms with van der Waals surface area (Å²) in [5, 5.41) is 17.1. The molecule has 4 rings (SSSR count).